The molecule has 3 unspecified atom stereocenters. The number of ether oxygens (including phenoxy) is 1. The second kappa shape index (κ2) is 5.83. The van der Waals surface area contributed by atoms with E-state index in [0.29, 0.717) is 18.8 Å². The van der Waals surface area contributed by atoms with Crippen molar-refractivity contribution in [1.29, 1.82) is 0 Å². The lowest BCUT2D eigenvalue weighted by molar-refractivity contribution is -0.123. The monoisotopic (exact) mass is 276 g/mol. The Labute approximate surface area is 120 Å². The SMILES string of the molecule is CCC(C)c1ccccc1OC1CCC(N)(C(N)=O)C1. The maximum Gasteiger partial charge on any atom is 0.237 e. The van der Waals surface area contributed by atoms with Crippen LogP contribution in [0, 0.1) is 0 Å². The van der Waals surface area contributed by atoms with Crippen molar-refractivity contribution in [3.63, 3.8) is 0 Å². The number of hydrogen-bond acceptors (Lipinski definition) is 3. The van der Waals surface area contributed by atoms with E-state index in [0.717, 1.165) is 18.6 Å². The lowest BCUT2D eigenvalue weighted by atomic mass is 9.97. The van der Waals surface area contributed by atoms with Gasteiger partial charge in [-0.25, -0.2) is 0 Å². The Balaban J connectivity index is 2.10. The lowest BCUT2D eigenvalue weighted by Gasteiger charge is -2.22. The van der Waals surface area contributed by atoms with Crippen LogP contribution in [0.5, 0.6) is 5.75 Å². The van der Waals surface area contributed by atoms with Crippen LogP contribution in [0.2, 0.25) is 0 Å². The van der Waals surface area contributed by atoms with Gasteiger partial charge in [-0.2, -0.15) is 0 Å². The van der Waals surface area contributed by atoms with Gasteiger partial charge >= 0.3 is 0 Å². The summed E-state index contributed by atoms with van der Waals surface area (Å²) in [6.45, 7) is 4.35. The number of carbonyl (C=O) groups excluding carboxylic acids is 1. The molecule has 1 fully saturated rings. The highest BCUT2D eigenvalue weighted by Crippen LogP contribution is 2.34. The molecule has 20 heavy (non-hydrogen) atoms. The molecule has 4 N–H and O–H groups in total. The summed E-state index contributed by atoms with van der Waals surface area (Å²) < 4.78 is 6.09. The summed E-state index contributed by atoms with van der Waals surface area (Å²) in [4.78, 5) is 11.4. The quantitative estimate of drug-likeness (QED) is 0.866. The summed E-state index contributed by atoms with van der Waals surface area (Å²) >= 11 is 0. The van der Waals surface area contributed by atoms with Crippen LogP contribution in [0.1, 0.15) is 51.0 Å². The molecule has 1 saturated carbocycles. The Kier molecular flexibility index (Phi) is 4.33. The van der Waals surface area contributed by atoms with Gasteiger partial charge < -0.3 is 16.2 Å². The molecule has 1 aliphatic rings. The van der Waals surface area contributed by atoms with Crippen LogP contribution in [-0.2, 0) is 4.79 Å². The Bertz CT molecular complexity index is 489. The first-order chi connectivity index (χ1) is 9.46. The predicted octanol–water partition coefficient (Wildman–Crippen LogP) is 2.31. The Morgan fingerprint density at radius 3 is 2.80 bits per heavy atom. The Morgan fingerprint density at radius 1 is 1.50 bits per heavy atom. The third-order valence-corrected chi connectivity index (χ3v) is 4.35. The highest BCUT2D eigenvalue weighted by Gasteiger charge is 2.41. The van der Waals surface area contributed by atoms with Gasteiger partial charge in [0.1, 0.15) is 11.9 Å². The standard InChI is InChI=1S/C16H24N2O2/c1-3-11(2)13-6-4-5-7-14(13)20-12-8-9-16(18,10-12)15(17)19/h4-7,11-12H,3,8-10,18H2,1-2H3,(H2,17,19). The number of carbonyl (C=O) groups is 1. The van der Waals surface area contributed by atoms with E-state index >= 15 is 0 Å². The number of para-hydroxylation sites is 1. The molecular formula is C16H24N2O2. The fraction of sp³-hybridized carbons (Fsp3) is 0.562. The average Bonchev–Trinajstić information content (AvgIpc) is 2.81. The van der Waals surface area contributed by atoms with Crippen LogP contribution >= 0.6 is 0 Å². The van der Waals surface area contributed by atoms with Crippen LogP contribution in [0.4, 0.5) is 0 Å². The molecule has 4 nitrogen and oxygen atoms in total. The highest BCUT2D eigenvalue weighted by molar-refractivity contribution is 5.84. The number of benzene rings is 1. The van der Waals surface area contributed by atoms with E-state index < -0.39 is 11.4 Å². The minimum Gasteiger partial charge on any atom is -0.490 e. The second-order valence-electron chi connectivity index (χ2n) is 5.85. The van der Waals surface area contributed by atoms with Crippen molar-refractivity contribution in [2.75, 3.05) is 0 Å². The molecule has 4 heteroatoms. The summed E-state index contributed by atoms with van der Waals surface area (Å²) in [5.41, 5.74) is 11.7. The minimum atomic E-state index is -0.907. The van der Waals surface area contributed by atoms with Gasteiger partial charge in [-0.15, -0.1) is 0 Å². The van der Waals surface area contributed by atoms with Gasteiger partial charge in [0, 0.05) is 6.42 Å². The van der Waals surface area contributed by atoms with Crippen molar-refractivity contribution in [2.24, 2.45) is 11.5 Å². The zero-order chi connectivity index (χ0) is 14.8. The molecular weight excluding hydrogens is 252 g/mol. The molecule has 0 aliphatic heterocycles. The van der Waals surface area contributed by atoms with E-state index in [1.807, 2.05) is 18.2 Å². The maximum atomic E-state index is 11.4. The molecule has 110 valence electrons. The zero-order valence-corrected chi connectivity index (χ0v) is 12.3. The molecule has 0 aromatic heterocycles. The van der Waals surface area contributed by atoms with Gasteiger partial charge in [-0.05, 0) is 36.8 Å². The lowest BCUT2D eigenvalue weighted by Crippen LogP contribution is -2.50. The largest absolute Gasteiger partial charge is 0.490 e. The summed E-state index contributed by atoms with van der Waals surface area (Å²) in [5, 5.41) is 0. The Hall–Kier alpha value is -1.55. The summed E-state index contributed by atoms with van der Waals surface area (Å²) in [6, 6.07) is 8.09. The first-order valence-electron chi connectivity index (χ1n) is 7.30. The van der Waals surface area contributed by atoms with Gasteiger partial charge in [0.05, 0.1) is 5.54 Å². The van der Waals surface area contributed by atoms with Crippen molar-refractivity contribution >= 4 is 5.91 Å². The molecule has 3 atom stereocenters. The third-order valence-electron chi connectivity index (χ3n) is 4.35. The number of nitrogens with two attached hydrogens (primary N) is 2. The molecule has 1 aliphatic carbocycles. The summed E-state index contributed by atoms with van der Waals surface area (Å²) in [7, 11) is 0. The van der Waals surface area contributed by atoms with Crippen molar-refractivity contribution < 1.29 is 9.53 Å². The molecule has 1 aromatic carbocycles. The molecule has 0 saturated heterocycles. The fourth-order valence-corrected chi connectivity index (χ4v) is 2.75. The Morgan fingerprint density at radius 2 is 2.20 bits per heavy atom. The van der Waals surface area contributed by atoms with E-state index in [4.69, 9.17) is 16.2 Å². The summed E-state index contributed by atoms with van der Waals surface area (Å²) in [6.07, 6.45) is 2.90. The van der Waals surface area contributed by atoms with Crippen LogP contribution in [0.3, 0.4) is 0 Å². The van der Waals surface area contributed by atoms with Gasteiger partial charge in [0.2, 0.25) is 5.91 Å². The normalized spacial score (nSPS) is 27.2. The van der Waals surface area contributed by atoms with E-state index in [1.165, 1.54) is 5.56 Å². The fourth-order valence-electron chi connectivity index (χ4n) is 2.75. The first-order valence-corrected chi connectivity index (χ1v) is 7.30. The van der Waals surface area contributed by atoms with E-state index in [9.17, 15) is 4.79 Å². The van der Waals surface area contributed by atoms with Crippen LogP contribution < -0.4 is 16.2 Å². The number of primary amides is 1. The molecule has 1 amide bonds. The highest BCUT2D eigenvalue weighted by atomic mass is 16.5. The van der Waals surface area contributed by atoms with E-state index in [2.05, 4.69) is 19.9 Å². The molecule has 0 spiro atoms. The van der Waals surface area contributed by atoms with Crippen LogP contribution in [0.25, 0.3) is 0 Å². The van der Waals surface area contributed by atoms with Crippen LogP contribution in [-0.4, -0.2) is 17.6 Å². The van der Waals surface area contributed by atoms with Crippen molar-refractivity contribution in [1.82, 2.24) is 0 Å². The van der Waals surface area contributed by atoms with Gasteiger partial charge in [-0.3, -0.25) is 4.79 Å². The van der Waals surface area contributed by atoms with E-state index in [-0.39, 0.29) is 6.10 Å². The van der Waals surface area contributed by atoms with Crippen LogP contribution in [0.15, 0.2) is 24.3 Å². The summed E-state index contributed by atoms with van der Waals surface area (Å²) in [5.74, 6) is 0.922. The predicted molar refractivity (Wildman–Crippen MR) is 79.5 cm³/mol. The topological polar surface area (TPSA) is 78.3 Å². The minimum absolute atomic E-state index is 0.0299. The molecule has 0 radical (unpaired) electrons. The first kappa shape index (κ1) is 14.9. The molecule has 2 rings (SSSR count). The van der Waals surface area contributed by atoms with Crippen molar-refractivity contribution in [3.8, 4) is 5.75 Å². The van der Waals surface area contributed by atoms with Crippen molar-refractivity contribution in [2.45, 2.75) is 57.1 Å². The average molecular weight is 276 g/mol. The second-order valence-corrected chi connectivity index (χ2v) is 5.85. The van der Waals surface area contributed by atoms with Gasteiger partial charge in [-0.1, -0.05) is 32.0 Å². The smallest absolute Gasteiger partial charge is 0.237 e. The maximum absolute atomic E-state index is 11.4. The molecule has 1 aromatic rings. The van der Waals surface area contributed by atoms with Gasteiger partial charge in [0.15, 0.2) is 0 Å². The molecule has 0 heterocycles. The third kappa shape index (κ3) is 2.96. The zero-order valence-electron chi connectivity index (χ0n) is 12.3. The van der Waals surface area contributed by atoms with Gasteiger partial charge in [0.25, 0.3) is 0 Å². The van der Waals surface area contributed by atoms with Crippen molar-refractivity contribution in [3.05, 3.63) is 29.8 Å². The number of amides is 1. The molecule has 0 bridgehead atoms. The van der Waals surface area contributed by atoms with E-state index in [1.54, 1.807) is 0 Å². The number of rotatable bonds is 5. The number of hydrogen-bond donors (Lipinski definition) is 2.